The Morgan fingerprint density at radius 1 is 1.00 bits per heavy atom. The molecule has 3 atom stereocenters. The van der Waals surface area contributed by atoms with Crippen LogP contribution in [0.25, 0.3) is 0 Å². The molecule has 29 heavy (non-hydrogen) atoms. The molecule has 0 aromatic carbocycles. The van der Waals surface area contributed by atoms with Gasteiger partial charge in [-0.25, -0.2) is 0 Å². The van der Waals surface area contributed by atoms with Gasteiger partial charge in [0.1, 0.15) is 6.04 Å². The van der Waals surface area contributed by atoms with Crippen molar-refractivity contribution in [3.05, 3.63) is 0 Å². The van der Waals surface area contributed by atoms with Gasteiger partial charge in [0.25, 0.3) is 0 Å². The van der Waals surface area contributed by atoms with E-state index in [9.17, 15) is 9.59 Å². The summed E-state index contributed by atoms with van der Waals surface area (Å²) >= 11 is 0. The van der Waals surface area contributed by atoms with Crippen LogP contribution >= 0.6 is 0 Å². The summed E-state index contributed by atoms with van der Waals surface area (Å²) in [7, 11) is 0. The summed E-state index contributed by atoms with van der Waals surface area (Å²) in [5, 5.41) is 16.1. The van der Waals surface area contributed by atoms with Crippen LogP contribution in [-0.2, 0) is 9.59 Å². The lowest BCUT2D eigenvalue weighted by Gasteiger charge is -2.57. The van der Waals surface area contributed by atoms with Crippen molar-refractivity contribution in [1.29, 1.82) is 5.26 Å². The van der Waals surface area contributed by atoms with Crippen molar-refractivity contribution >= 4 is 11.8 Å². The third-order valence-corrected chi connectivity index (χ3v) is 8.49. The molecular weight excluding hydrogens is 364 g/mol. The fourth-order valence-corrected chi connectivity index (χ4v) is 7.56. The number of nitrogens with zero attached hydrogens (tertiary/aromatic N) is 2. The Bertz CT molecular complexity index is 679. The maximum Gasteiger partial charge on any atom is 0.237 e. The highest BCUT2D eigenvalue weighted by Gasteiger charge is 2.52. The number of nitrogens with one attached hydrogen (secondary N) is 2. The lowest BCUT2D eigenvalue weighted by molar-refractivity contribution is -0.131. The Morgan fingerprint density at radius 3 is 2.34 bits per heavy atom. The maximum atomic E-state index is 13.1. The lowest BCUT2D eigenvalue weighted by atomic mass is 9.53. The van der Waals surface area contributed by atoms with Crippen LogP contribution in [0.3, 0.4) is 0 Å². The van der Waals surface area contributed by atoms with Gasteiger partial charge in [-0.15, -0.1) is 0 Å². The van der Waals surface area contributed by atoms with Crippen molar-refractivity contribution in [1.82, 2.24) is 15.5 Å². The Kier molecular flexibility index (Phi) is 5.06. The molecule has 0 aromatic rings. The van der Waals surface area contributed by atoms with Gasteiger partial charge in [-0.1, -0.05) is 0 Å². The average molecular weight is 399 g/mol. The van der Waals surface area contributed by atoms with E-state index in [1.54, 1.807) is 4.90 Å². The van der Waals surface area contributed by atoms with E-state index in [0.717, 1.165) is 49.9 Å². The van der Waals surface area contributed by atoms with E-state index >= 15 is 0 Å². The van der Waals surface area contributed by atoms with E-state index in [4.69, 9.17) is 5.26 Å². The summed E-state index contributed by atoms with van der Waals surface area (Å²) in [4.78, 5) is 27.2. The SMILES string of the molecule is N#C[C@@H]1CCCN1C(=O)CN[C@H]1CC[C@H](C(=O)NC23CC4CC(CC(C4)C2)C3)C1. The molecule has 6 rings (SSSR count). The summed E-state index contributed by atoms with van der Waals surface area (Å²) in [6.07, 6.45) is 12.2. The highest BCUT2D eigenvalue weighted by molar-refractivity contribution is 5.80. The van der Waals surface area contributed by atoms with E-state index < -0.39 is 0 Å². The van der Waals surface area contributed by atoms with Gasteiger partial charge in [0, 0.05) is 24.0 Å². The molecule has 6 nitrogen and oxygen atoms in total. The van der Waals surface area contributed by atoms with Crippen LogP contribution in [0.1, 0.15) is 70.6 Å². The van der Waals surface area contributed by atoms with Gasteiger partial charge in [0.15, 0.2) is 0 Å². The zero-order valence-electron chi connectivity index (χ0n) is 17.4. The first kappa shape index (κ1) is 19.4. The number of rotatable bonds is 5. The molecule has 1 heterocycles. The van der Waals surface area contributed by atoms with Crippen molar-refractivity contribution in [2.24, 2.45) is 23.7 Å². The van der Waals surface area contributed by atoms with Gasteiger partial charge in [-0.05, 0) is 88.4 Å². The molecule has 6 aliphatic rings. The first-order chi connectivity index (χ1) is 14.0. The second-order valence-electron chi connectivity index (χ2n) is 10.6. The summed E-state index contributed by atoms with van der Waals surface area (Å²) in [6.45, 7) is 0.978. The highest BCUT2D eigenvalue weighted by Crippen LogP contribution is 2.55. The Labute approximate surface area is 173 Å². The van der Waals surface area contributed by atoms with E-state index in [2.05, 4.69) is 16.7 Å². The van der Waals surface area contributed by atoms with E-state index in [1.807, 2.05) is 0 Å². The van der Waals surface area contributed by atoms with Crippen LogP contribution in [0, 0.1) is 35.0 Å². The standard InChI is InChI=1S/C23H34N4O2/c24-13-20-2-1-5-27(20)21(28)14-25-19-4-3-18(9-19)22(29)26-23-10-15-6-16(11-23)8-17(7-15)12-23/h15-20,25H,1-12,14H2,(H,26,29)/t15?,16?,17?,18-,19-,20-,23?/m0/s1. The van der Waals surface area contributed by atoms with E-state index in [0.29, 0.717) is 6.54 Å². The Balaban J connectivity index is 1.10. The van der Waals surface area contributed by atoms with Gasteiger partial charge < -0.3 is 15.5 Å². The first-order valence-electron chi connectivity index (χ1n) is 11.8. The first-order valence-corrected chi connectivity index (χ1v) is 11.8. The second-order valence-corrected chi connectivity index (χ2v) is 10.6. The molecule has 0 unspecified atom stereocenters. The molecule has 2 amide bonds. The molecule has 1 saturated heterocycles. The molecule has 1 aliphatic heterocycles. The summed E-state index contributed by atoms with van der Waals surface area (Å²) in [5.41, 5.74) is 0.0926. The van der Waals surface area contributed by atoms with Crippen LogP contribution in [0.5, 0.6) is 0 Å². The molecule has 4 bridgehead atoms. The zero-order valence-corrected chi connectivity index (χ0v) is 17.4. The summed E-state index contributed by atoms with van der Waals surface area (Å²) < 4.78 is 0. The molecule has 5 aliphatic carbocycles. The minimum atomic E-state index is -0.258. The highest BCUT2D eigenvalue weighted by atomic mass is 16.2. The fourth-order valence-electron chi connectivity index (χ4n) is 7.56. The normalized spacial score (nSPS) is 42.8. The van der Waals surface area contributed by atoms with Gasteiger partial charge in [-0.3, -0.25) is 9.59 Å². The van der Waals surface area contributed by atoms with E-state index in [-0.39, 0.29) is 41.9 Å². The number of amides is 2. The van der Waals surface area contributed by atoms with Crippen LogP contribution in [-0.4, -0.2) is 47.4 Å². The number of likely N-dealkylation sites (tertiary alicyclic amines) is 1. The van der Waals surface area contributed by atoms with Crippen LogP contribution in [0.2, 0.25) is 0 Å². The molecule has 5 saturated carbocycles. The molecule has 6 heteroatoms. The third kappa shape index (κ3) is 3.79. The quantitative estimate of drug-likeness (QED) is 0.744. The molecule has 2 N–H and O–H groups in total. The van der Waals surface area contributed by atoms with Crippen LogP contribution in [0.4, 0.5) is 0 Å². The summed E-state index contributed by atoms with van der Waals surface area (Å²) in [5.74, 6) is 2.88. The maximum absolute atomic E-state index is 13.1. The molecule has 0 spiro atoms. The predicted octanol–water partition coefficient (Wildman–Crippen LogP) is 2.34. The number of hydrogen-bond donors (Lipinski definition) is 2. The van der Waals surface area contributed by atoms with Gasteiger partial charge >= 0.3 is 0 Å². The minimum absolute atomic E-state index is 0.0236. The topological polar surface area (TPSA) is 85.2 Å². The molecular formula is C23H34N4O2. The second kappa shape index (κ2) is 7.58. The molecule has 158 valence electrons. The van der Waals surface area contributed by atoms with Crippen molar-refractivity contribution in [2.75, 3.05) is 13.1 Å². The molecule has 6 fully saturated rings. The predicted molar refractivity (Wildman–Crippen MR) is 109 cm³/mol. The number of hydrogen-bond acceptors (Lipinski definition) is 4. The average Bonchev–Trinajstić information content (AvgIpc) is 3.34. The van der Waals surface area contributed by atoms with Crippen molar-refractivity contribution in [2.45, 2.75) is 88.3 Å². The van der Waals surface area contributed by atoms with Crippen molar-refractivity contribution in [3.8, 4) is 6.07 Å². The number of carbonyl (C=O) groups is 2. The third-order valence-electron chi connectivity index (χ3n) is 8.49. The largest absolute Gasteiger partial charge is 0.350 e. The van der Waals surface area contributed by atoms with E-state index in [1.165, 1.54) is 38.5 Å². The smallest absolute Gasteiger partial charge is 0.237 e. The zero-order chi connectivity index (χ0) is 20.0. The Morgan fingerprint density at radius 2 is 1.69 bits per heavy atom. The van der Waals surface area contributed by atoms with Crippen molar-refractivity contribution in [3.63, 3.8) is 0 Å². The van der Waals surface area contributed by atoms with Crippen LogP contribution < -0.4 is 10.6 Å². The van der Waals surface area contributed by atoms with Crippen molar-refractivity contribution < 1.29 is 9.59 Å². The number of nitriles is 1. The van der Waals surface area contributed by atoms with Gasteiger partial charge in [0.05, 0.1) is 12.6 Å². The minimum Gasteiger partial charge on any atom is -0.350 e. The van der Waals surface area contributed by atoms with Gasteiger partial charge in [-0.2, -0.15) is 5.26 Å². The fraction of sp³-hybridized carbons (Fsp3) is 0.870. The lowest BCUT2D eigenvalue weighted by Crippen LogP contribution is -2.60. The van der Waals surface area contributed by atoms with Crippen LogP contribution in [0.15, 0.2) is 0 Å². The Hall–Kier alpha value is -1.61. The molecule has 0 radical (unpaired) electrons. The number of carbonyl (C=O) groups excluding carboxylic acids is 2. The monoisotopic (exact) mass is 398 g/mol. The van der Waals surface area contributed by atoms with Gasteiger partial charge in [0.2, 0.25) is 11.8 Å². The summed E-state index contributed by atoms with van der Waals surface area (Å²) in [6, 6.07) is 2.20. The molecule has 0 aromatic heterocycles.